The van der Waals surface area contributed by atoms with Crippen molar-refractivity contribution in [3.05, 3.63) is 40.8 Å². The Kier molecular flexibility index (Phi) is 5.63. The van der Waals surface area contributed by atoms with Gasteiger partial charge in [0.2, 0.25) is 5.91 Å². The zero-order valence-electron chi connectivity index (χ0n) is 13.1. The smallest absolute Gasteiger partial charge is 0.228 e. The van der Waals surface area contributed by atoms with Gasteiger partial charge in [-0.25, -0.2) is 0 Å². The van der Waals surface area contributed by atoms with E-state index in [0.29, 0.717) is 12.4 Å². The lowest BCUT2D eigenvalue weighted by atomic mass is 10.1. The lowest BCUT2D eigenvalue weighted by Gasteiger charge is -2.10. The number of fused-ring (bicyclic) bond motifs is 1. The van der Waals surface area contributed by atoms with Crippen molar-refractivity contribution in [1.29, 1.82) is 0 Å². The summed E-state index contributed by atoms with van der Waals surface area (Å²) in [5, 5.41) is 10.1. The second kappa shape index (κ2) is 7.48. The molecule has 0 saturated carbocycles. The van der Waals surface area contributed by atoms with Gasteiger partial charge in [-0.1, -0.05) is 5.16 Å². The summed E-state index contributed by atoms with van der Waals surface area (Å²) in [6, 6.07) is 5.70. The van der Waals surface area contributed by atoms with Crippen molar-refractivity contribution >= 4 is 24.0 Å². The van der Waals surface area contributed by atoms with Gasteiger partial charge in [0.15, 0.2) is 0 Å². The van der Waals surface area contributed by atoms with Crippen LogP contribution in [0, 0.1) is 13.8 Å². The van der Waals surface area contributed by atoms with Crippen molar-refractivity contribution in [3.8, 4) is 5.75 Å². The number of benzene rings is 1. The maximum atomic E-state index is 12.2. The van der Waals surface area contributed by atoms with E-state index < -0.39 is 0 Å². The minimum Gasteiger partial charge on any atom is -0.492 e. The van der Waals surface area contributed by atoms with Gasteiger partial charge in [0, 0.05) is 29.9 Å². The number of aryl methyl sites for hydroxylation is 2. The molecule has 0 radical (unpaired) electrons. The molecule has 0 aliphatic carbocycles. The summed E-state index contributed by atoms with van der Waals surface area (Å²) >= 11 is 0. The Morgan fingerprint density at radius 2 is 2.22 bits per heavy atom. The Hall–Kier alpha value is -2.05. The number of carbonyl (C=O) groups excluding carboxylic acids is 1. The third-order valence-corrected chi connectivity index (χ3v) is 3.71. The molecule has 7 heteroatoms. The molecular weight excluding hydrogens is 318 g/mol. The zero-order chi connectivity index (χ0) is 15.5. The predicted octanol–water partition coefficient (Wildman–Crippen LogP) is 2.38. The second-order valence-electron chi connectivity index (χ2n) is 5.38. The number of halogens is 1. The number of ether oxygens (including phenoxy) is 1. The summed E-state index contributed by atoms with van der Waals surface area (Å²) in [4.78, 5) is 12.2. The highest BCUT2D eigenvalue weighted by molar-refractivity contribution is 5.92. The molecule has 2 N–H and O–H groups in total. The summed E-state index contributed by atoms with van der Waals surface area (Å²) in [5.41, 5.74) is 3.42. The van der Waals surface area contributed by atoms with Crippen LogP contribution in [-0.2, 0) is 17.8 Å². The van der Waals surface area contributed by atoms with Crippen molar-refractivity contribution in [3.63, 3.8) is 0 Å². The average Bonchev–Trinajstić information content (AvgIpc) is 2.70. The molecule has 0 atom stereocenters. The minimum absolute atomic E-state index is 0. The van der Waals surface area contributed by atoms with Gasteiger partial charge in [0.1, 0.15) is 18.1 Å². The molecule has 0 unspecified atom stereocenters. The van der Waals surface area contributed by atoms with Gasteiger partial charge in [-0.2, -0.15) is 0 Å². The van der Waals surface area contributed by atoms with E-state index in [2.05, 4.69) is 15.8 Å². The van der Waals surface area contributed by atoms with Crippen molar-refractivity contribution in [1.82, 2.24) is 10.5 Å². The van der Waals surface area contributed by atoms with Crippen LogP contribution < -0.4 is 15.4 Å². The molecule has 2 heterocycles. The zero-order valence-corrected chi connectivity index (χ0v) is 14.0. The van der Waals surface area contributed by atoms with Crippen molar-refractivity contribution < 1.29 is 14.1 Å². The van der Waals surface area contributed by atoms with Crippen LogP contribution in [0.25, 0.3) is 0 Å². The summed E-state index contributed by atoms with van der Waals surface area (Å²) in [7, 11) is 0. The lowest BCUT2D eigenvalue weighted by Crippen LogP contribution is -2.16. The predicted molar refractivity (Wildman–Crippen MR) is 89.2 cm³/mol. The van der Waals surface area contributed by atoms with Crippen LogP contribution in [0.2, 0.25) is 0 Å². The van der Waals surface area contributed by atoms with Crippen LogP contribution in [0.5, 0.6) is 5.75 Å². The van der Waals surface area contributed by atoms with E-state index in [4.69, 9.17) is 9.26 Å². The van der Waals surface area contributed by atoms with E-state index in [1.165, 1.54) is 0 Å². The highest BCUT2D eigenvalue weighted by atomic mass is 35.5. The molecule has 23 heavy (non-hydrogen) atoms. The summed E-state index contributed by atoms with van der Waals surface area (Å²) in [6.07, 6.45) is 0.257. The Labute approximate surface area is 141 Å². The van der Waals surface area contributed by atoms with Crippen LogP contribution in [0.15, 0.2) is 22.7 Å². The SMILES string of the molecule is Cc1noc(C)c1CC(=O)Nc1ccc2c(c1)CNCCO2.Cl. The largest absolute Gasteiger partial charge is 0.492 e. The van der Waals surface area contributed by atoms with Gasteiger partial charge in [0.05, 0.1) is 12.1 Å². The number of anilines is 1. The molecule has 124 valence electrons. The number of aromatic nitrogens is 1. The third kappa shape index (κ3) is 4.03. The number of rotatable bonds is 3. The van der Waals surface area contributed by atoms with Gasteiger partial charge < -0.3 is 19.9 Å². The fraction of sp³-hybridized carbons (Fsp3) is 0.375. The lowest BCUT2D eigenvalue weighted by molar-refractivity contribution is -0.115. The van der Waals surface area contributed by atoms with E-state index in [-0.39, 0.29) is 24.7 Å². The highest BCUT2D eigenvalue weighted by Crippen LogP contribution is 2.24. The van der Waals surface area contributed by atoms with Crippen molar-refractivity contribution in [2.24, 2.45) is 0 Å². The molecule has 1 aliphatic heterocycles. The maximum Gasteiger partial charge on any atom is 0.228 e. The van der Waals surface area contributed by atoms with E-state index in [0.717, 1.165) is 41.3 Å². The van der Waals surface area contributed by atoms with E-state index in [1.54, 1.807) is 0 Å². The van der Waals surface area contributed by atoms with Crippen LogP contribution in [0.1, 0.15) is 22.6 Å². The van der Waals surface area contributed by atoms with E-state index in [9.17, 15) is 4.79 Å². The number of hydrogen-bond donors (Lipinski definition) is 2. The minimum atomic E-state index is -0.0863. The number of nitrogens with one attached hydrogen (secondary N) is 2. The Morgan fingerprint density at radius 1 is 1.39 bits per heavy atom. The first-order chi connectivity index (χ1) is 10.6. The molecule has 1 aliphatic rings. The number of amides is 1. The van der Waals surface area contributed by atoms with Crippen LogP contribution in [0.3, 0.4) is 0 Å². The first-order valence-corrected chi connectivity index (χ1v) is 7.31. The topological polar surface area (TPSA) is 76.4 Å². The number of nitrogens with zero attached hydrogens (tertiary/aromatic N) is 1. The average molecular weight is 338 g/mol. The number of carbonyl (C=O) groups is 1. The molecule has 1 aromatic heterocycles. The molecule has 3 rings (SSSR count). The van der Waals surface area contributed by atoms with Gasteiger partial charge >= 0.3 is 0 Å². The standard InChI is InChI=1S/C16H19N3O3.ClH/c1-10-14(11(2)22-19-10)8-16(20)18-13-3-4-15-12(7-13)9-17-5-6-21-15;/h3-4,7,17H,5-6,8-9H2,1-2H3,(H,18,20);1H. The summed E-state index contributed by atoms with van der Waals surface area (Å²) in [6.45, 7) is 5.87. The van der Waals surface area contributed by atoms with Crippen LogP contribution in [0.4, 0.5) is 5.69 Å². The number of hydrogen-bond acceptors (Lipinski definition) is 5. The molecule has 0 spiro atoms. The van der Waals surface area contributed by atoms with Gasteiger partial charge in [-0.05, 0) is 32.0 Å². The van der Waals surface area contributed by atoms with E-state index >= 15 is 0 Å². The van der Waals surface area contributed by atoms with Crippen LogP contribution >= 0.6 is 12.4 Å². The molecule has 0 fully saturated rings. The quantitative estimate of drug-likeness (QED) is 0.899. The third-order valence-electron chi connectivity index (χ3n) is 3.71. The molecule has 1 amide bonds. The van der Waals surface area contributed by atoms with Crippen LogP contribution in [-0.4, -0.2) is 24.2 Å². The first-order valence-electron chi connectivity index (χ1n) is 7.31. The maximum absolute atomic E-state index is 12.2. The summed E-state index contributed by atoms with van der Waals surface area (Å²) < 4.78 is 10.7. The molecular formula is C16H20ClN3O3. The van der Waals surface area contributed by atoms with Gasteiger partial charge in [-0.3, -0.25) is 4.79 Å². The molecule has 1 aromatic carbocycles. The van der Waals surface area contributed by atoms with Crippen molar-refractivity contribution in [2.75, 3.05) is 18.5 Å². The normalized spacial score (nSPS) is 13.3. The van der Waals surface area contributed by atoms with E-state index in [1.807, 2.05) is 32.0 Å². The molecule has 6 nitrogen and oxygen atoms in total. The Bertz CT molecular complexity index is 680. The monoisotopic (exact) mass is 337 g/mol. The Morgan fingerprint density at radius 3 is 2.96 bits per heavy atom. The van der Waals surface area contributed by atoms with Gasteiger partial charge in [-0.15, -0.1) is 12.4 Å². The molecule has 2 aromatic rings. The fourth-order valence-corrected chi connectivity index (χ4v) is 2.51. The molecule has 0 bridgehead atoms. The highest BCUT2D eigenvalue weighted by Gasteiger charge is 2.14. The van der Waals surface area contributed by atoms with Gasteiger partial charge in [0.25, 0.3) is 0 Å². The first kappa shape index (κ1) is 17.3. The molecule has 0 saturated heterocycles. The Balaban J connectivity index is 0.00000192. The summed E-state index contributed by atoms with van der Waals surface area (Å²) in [5.74, 6) is 1.47. The van der Waals surface area contributed by atoms with Crippen molar-refractivity contribution in [2.45, 2.75) is 26.8 Å². The second-order valence-corrected chi connectivity index (χ2v) is 5.38. The fourth-order valence-electron chi connectivity index (χ4n) is 2.51.